The van der Waals surface area contributed by atoms with Crippen molar-refractivity contribution in [2.75, 3.05) is 39.3 Å². The van der Waals surface area contributed by atoms with Gasteiger partial charge in [-0.05, 0) is 37.1 Å². The summed E-state index contributed by atoms with van der Waals surface area (Å²) in [6.45, 7) is 3.97. The van der Waals surface area contributed by atoms with E-state index in [1.807, 2.05) is 4.90 Å². The largest absolute Gasteiger partial charge is 0.491 e. The number of ether oxygens (including phenoxy) is 1. The number of aliphatic hydroxyl groups excluding tert-OH is 1. The lowest BCUT2D eigenvalue weighted by Gasteiger charge is -2.36. The predicted molar refractivity (Wildman–Crippen MR) is 87.5 cm³/mol. The summed E-state index contributed by atoms with van der Waals surface area (Å²) in [5.41, 5.74) is 0. The van der Waals surface area contributed by atoms with E-state index in [0.29, 0.717) is 18.3 Å². The Morgan fingerprint density at radius 3 is 2.58 bits per heavy atom. The van der Waals surface area contributed by atoms with E-state index >= 15 is 0 Å². The Balaban J connectivity index is 1.37. The van der Waals surface area contributed by atoms with E-state index in [1.165, 1.54) is 12.1 Å². The van der Waals surface area contributed by atoms with Crippen molar-refractivity contribution in [3.8, 4) is 5.75 Å². The van der Waals surface area contributed by atoms with Gasteiger partial charge in [0.2, 0.25) is 0 Å². The van der Waals surface area contributed by atoms with E-state index < -0.39 is 6.10 Å². The van der Waals surface area contributed by atoms with Crippen LogP contribution in [0.5, 0.6) is 5.75 Å². The van der Waals surface area contributed by atoms with Crippen molar-refractivity contribution in [3.63, 3.8) is 0 Å². The number of nitrogens with one attached hydrogen (secondary N) is 1. The zero-order valence-electron chi connectivity index (χ0n) is 13.7. The van der Waals surface area contributed by atoms with Crippen LogP contribution in [0.25, 0.3) is 0 Å². The SMILES string of the molecule is O=C1NCCN1C1CCN(CC(O)COc2ccc(F)cc2)CC1. The standard InChI is InChI=1S/C17H24FN3O3/c18-13-1-3-16(4-2-13)24-12-15(22)11-20-8-5-14(6-9-20)21-10-7-19-17(21)23/h1-4,14-15,22H,5-12H2,(H,19,23). The highest BCUT2D eigenvalue weighted by atomic mass is 19.1. The van der Waals surface area contributed by atoms with Crippen LogP contribution >= 0.6 is 0 Å². The molecule has 0 aliphatic carbocycles. The third-order valence-corrected chi connectivity index (χ3v) is 4.61. The second-order valence-electron chi connectivity index (χ2n) is 6.38. The summed E-state index contributed by atoms with van der Waals surface area (Å²) in [4.78, 5) is 15.8. The second-order valence-corrected chi connectivity index (χ2v) is 6.38. The maximum atomic E-state index is 12.8. The molecule has 2 heterocycles. The quantitative estimate of drug-likeness (QED) is 0.815. The van der Waals surface area contributed by atoms with Crippen molar-refractivity contribution in [2.45, 2.75) is 25.0 Å². The molecule has 2 amide bonds. The number of carbonyl (C=O) groups is 1. The van der Waals surface area contributed by atoms with Crippen molar-refractivity contribution in [3.05, 3.63) is 30.1 Å². The van der Waals surface area contributed by atoms with E-state index in [1.54, 1.807) is 12.1 Å². The first kappa shape index (κ1) is 17.0. The molecule has 0 saturated carbocycles. The molecule has 2 aliphatic rings. The average molecular weight is 337 g/mol. The van der Waals surface area contributed by atoms with E-state index in [0.717, 1.165) is 39.0 Å². The fourth-order valence-electron chi connectivity index (χ4n) is 3.32. The van der Waals surface area contributed by atoms with Crippen LogP contribution in [-0.4, -0.2) is 72.4 Å². The first-order chi connectivity index (χ1) is 11.6. The number of hydrogen-bond donors (Lipinski definition) is 2. The summed E-state index contributed by atoms with van der Waals surface area (Å²) in [7, 11) is 0. The van der Waals surface area contributed by atoms with Gasteiger partial charge in [0.05, 0.1) is 0 Å². The van der Waals surface area contributed by atoms with Gasteiger partial charge in [-0.15, -0.1) is 0 Å². The summed E-state index contributed by atoms with van der Waals surface area (Å²) in [5.74, 6) is 0.242. The van der Waals surface area contributed by atoms with Crippen LogP contribution in [0, 0.1) is 5.82 Å². The first-order valence-corrected chi connectivity index (χ1v) is 8.45. The lowest BCUT2D eigenvalue weighted by Crippen LogP contribution is -2.48. The summed E-state index contributed by atoms with van der Waals surface area (Å²) in [5, 5.41) is 13.0. The summed E-state index contributed by atoms with van der Waals surface area (Å²) in [6.07, 6.45) is 1.26. The first-order valence-electron chi connectivity index (χ1n) is 8.45. The van der Waals surface area contributed by atoms with Crippen LogP contribution in [-0.2, 0) is 0 Å². The van der Waals surface area contributed by atoms with E-state index in [4.69, 9.17) is 4.74 Å². The summed E-state index contributed by atoms with van der Waals surface area (Å²) >= 11 is 0. The van der Waals surface area contributed by atoms with Gasteiger partial charge >= 0.3 is 6.03 Å². The average Bonchev–Trinajstić information content (AvgIpc) is 3.01. The number of urea groups is 1. The van der Waals surface area contributed by atoms with Gasteiger partial charge in [-0.25, -0.2) is 9.18 Å². The number of amides is 2. The Bertz CT molecular complexity index is 547. The van der Waals surface area contributed by atoms with Crippen molar-refractivity contribution < 1.29 is 19.0 Å². The van der Waals surface area contributed by atoms with Crippen LogP contribution in [0.2, 0.25) is 0 Å². The number of halogens is 1. The molecule has 1 unspecified atom stereocenters. The number of likely N-dealkylation sites (tertiary alicyclic amines) is 1. The van der Waals surface area contributed by atoms with E-state index in [9.17, 15) is 14.3 Å². The highest BCUT2D eigenvalue weighted by Gasteiger charge is 2.30. The molecule has 3 rings (SSSR count). The molecule has 2 N–H and O–H groups in total. The van der Waals surface area contributed by atoms with Crippen LogP contribution in [0.15, 0.2) is 24.3 Å². The lowest BCUT2D eigenvalue weighted by molar-refractivity contribution is 0.0508. The van der Waals surface area contributed by atoms with Crippen LogP contribution in [0.4, 0.5) is 9.18 Å². The van der Waals surface area contributed by atoms with E-state index in [-0.39, 0.29) is 18.5 Å². The van der Waals surface area contributed by atoms with Gasteiger partial charge in [-0.2, -0.15) is 0 Å². The molecule has 24 heavy (non-hydrogen) atoms. The molecule has 0 radical (unpaired) electrons. The normalized spacial score (nSPS) is 20.9. The Morgan fingerprint density at radius 2 is 1.96 bits per heavy atom. The van der Waals surface area contributed by atoms with Gasteiger partial charge in [-0.1, -0.05) is 0 Å². The molecule has 0 bridgehead atoms. The minimum Gasteiger partial charge on any atom is -0.491 e. The monoisotopic (exact) mass is 337 g/mol. The Morgan fingerprint density at radius 1 is 1.25 bits per heavy atom. The number of benzene rings is 1. The van der Waals surface area contributed by atoms with Crippen molar-refractivity contribution in [2.24, 2.45) is 0 Å². The van der Waals surface area contributed by atoms with Crippen LogP contribution in [0.3, 0.4) is 0 Å². The zero-order chi connectivity index (χ0) is 16.9. The van der Waals surface area contributed by atoms with Gasteiger partial charge in [-0.3, -0.25) is 0 Å². The molecular formula is C17H24FN3O3. The topological polar surface area (TPSA) is 65.0 Å². The number of aliphatic hydroxyl groups is 1. The zero-order valence-corrected chi connectivity index (χ0v) is 13.7. The second kappa shape index (κ2) is 7.81. The van der Waals surface area contributed by atoms with Crippen molar-refractivity contribution in [1.29, 1.82) is 0 Å². The van der Waals surface area contributed by atoms with E-state index in [2.05, 4.69) is 10.2 Å². The van der Waals surface area contributed by atoms with Gasteiger partial charge in [0.15, 0.2) is 0 Å². The fraction of sp³-hybridized carbons (Fsp3) is 0.588. The molecular weight excluding hydrogens is 313 g/mol. The lowest BCUT2D eigenvalue weighted by atomic mass is 10.0. The minimum absolute atomic E-state index is 0.0428. The molecule has 0 aromatic heterocycles. The molecule has 1 atom stereocenters. The third kappa shape index (κ3) is 4.36. The molecule has 132 valence electrons. The minimum atomic E-state index is -0.596. The smallest absolute Gasteiger partial charge is 0.317 e. The molecule has 0 spiro atoms. The fourth-order valence-corrected chi connectivity index (χ4v) is 3.32. The van der Waals surface area contributed by atoms with Gasteiger partial charge in [0.25, 0.3) is 0 Å². The maximum Gasteiger partial charge on any atom is 0.317 e. The summed E-state index contributed by atoms with van der Waals surface area (Å²) < 4.78 is 18.3. The number of piperidine rings is 1. The highest BCUT2D eigenvalue weighted by Crippen LogP contribution is 2.18. The van der Waals surface area contributed by atoms with Crippen LogP contribution in [0.1, 0.15) is 12.8 Å². The maximum absolute atomic E-state index is 12.8. The molecule has 2 saturated heterocycles. The molecule has 2 fully saturated rings. The Kier molecular flexibility index (Phi) is 5.52. The predicted octanol–water partition coefficient (Wildman–Crippen LogP) is 1.06. The molecule has 2 aliphatic heterocycles. The number of rotatable bonds is 6. The Hall–Kier alpha value is -1.86. The molecule has 1 aromatic rings. The van der Waals surface area contributed by atoms with Crippen molar-refractivity contribution >= 4 is 6.03 Å². The molecule has 1 aromatic carbocycles. The number of nitrogens with zero attached hydrogens (tertiary/aromatic N) is 2. The van der Waals surface area contributed by atoms with Gasteiger partial charge in [0, 0.05) is 38.8 Å². The third-order valence-electron chi connectivity index (χ3n) is 4.61. The molecule has 6 nitrogen and oxygen atoms in total. The number of β-amino-alcohol motifs (C(OH)–C–C–N with tert-alkyl or cyclic N) is 1. The molecule has 7 heteroatoms. The summed E-state index contributed by atoms with van der Waals surface area (Å²) in [6, 6.07) is 6.11. The number of hydrogen-bond acceptors (Lipinski definition) is 4. The van der Waals surface area contributed by atoms with Gasteiger partial charge in [0.1, 0.15) is 24.3 Å². The van der Waals surface area contributed by atoms with Crippen LogP contribution < -0.4 is 10.1 Å². The highest BCUT2D eigenvalue weighted by molar-refractivity contribution is 5.76. The Labute approximate surface area is 141 Å². The van der Waals surface area contributed by atoms with Crippen molar-refractivity contribution in [1.82, 2.24) is 15.1 Å². The number of carbonyl (C=O) groups excluding carboxylic acids is 1. The van der Waals surface area contributed by atoms with Gasteiger partial charge < -0.3 is 25.0 Å².